The SMILES string of the molecule is CCc1csc2ncncc12. The van der Waals surface area contributed by atoms with Crippen molar-refractivity contribution >= 4 is 21.6 Å². The van der Waals surface area contributed by atoms with Crippen LogP contribution >= 0.6 is 11.3 Å². The van der Waals surface area contributed by atoms with Gasteiger partial charge in [0.1, 0.15) is 11.2 Å². The van der Waals surface area contributed by atoms with Gasteiger partial charge in [-0.1, -0.05) is 6.92 Å². The minimum atomic E-state index is 1.06. The lowest BCUT2D eigenvalue weighted by Gasteiger charge is -1.89. The molecule has 0 saturated carbocycles. The third kappa shape index (κ3) is 1.01. The quantitative estimate of drug-likeness (QED) is 0.646. The number of fused-ring (bicyclic) bond motifs is 1. The van der Waals surface area contributed by atoms with Gasteiger partial charge >= 0.3 is 0 Å². The Hall–Kier alpha value is -0.960. The van der Waals surface area contributed by atoms with Crippen molar-refractivity contribution in [1.29, 1.82) is 0 Å². The molecule has 0 aliphatic heterocycles. The predicted molar refractivity (Wildman–Crippen MR) is 46.8 cm³/mol. The van der Waals surface area contributed by atoms with Crippen LogP contribution in [0.4, 0.5) is 0 Å². The van der Waals surface area contributed by atoms with Crippen LogP contribution in [0.5, 0.6) is 0 Å². The highest BCUT2D eigenvalue weighted by molar-refractivity contribution is 7.16. The Balaban J connectivity index is 2.76. The van der Waals surface area contributed by atoms with Crippen molar-refractivity contribution in [1.82, 2.24) is 9.97 Å². The van der Waals surface area contributed by atoms with Gasteiger partial charge in [-0.2, -0.15) is 0 Å². The average Bonchev–Trinajstić information content (AvgIpc) is 2.47. The van der Waals surface area contributed by atoms with E-state index in [1.54, 1.807) is 17.7 Å². The summed E-state index contributed by atoms with van der Waals surface area (Å²) in [5.41, 5.74) is 1.35. The summed E-state index contributed by atoms with van der Waals surface area (Å²) in [4.78, 5) is 9.24. The van der Waals surface area contributed by atoms with Gasteiger partial charge < -0.3 is 0 Å². The van der Waals surface area contributed by atoms with Gasteiger partial charge in [-0.05, 0) is 17.4 Å². The largest absolute Gasteiger partial charge is 0.244 e. The van der Waals surface area contributed by atoms with E-state index in [4.69, 9.17) is 0 Å². The smallest absolute Gasteiger partial charge is 0.126 e. The van der Waals surface area contributed by atoms with Gasteiger partial charge in [-0.15, -0.1) is 11.3 Å². The summed E-state index contributed by atoms with van der Waals surface area (Å²) in [5, 5.41) is 3.36. The fourth-order valence-electron chi connectivity index (χ4n) is 1.10. The second-order valence-electron chi connectivity index (χ2n) is 2.36. The summed E-state index contributed by atoms with van der Waals surface area (Å²) >= 11 is 1.69. The fraction of sp³-hybridized carbons (Fsp3) is 0.250. The van der Waals surface area contributed by atoms with Crippen LogP contribution in [0.1, 0.15) is 12.5 Å². The van der Waals surface area contributed by atoms with Crippen LogP contribution in [0.25, 0.3) is 10.2 Å². The third-order valence-electron chi connectivity index (χ3n) is 1.72. The summed E-state index contributed by atoms with van der Waals surface area (Å²) in [6, 6.07) is 0. The van der Waals surface area contributed by atoms with E-state index in [2.05, 4.69) is 22.3 Å². The Kier molecular flexibility index (Phi) is 1.58. The molecule has 0 amide bonds. The van der Waals surface area contributed by atoms with Crippen LogP contribution in [0.15, 0.2) is 17.9 Å². The molecule has 0 fully saturated rings. The zero-order valence-electron chi connectivity index (χ0n) is 6.24. The van der Waals surface area contributed by atoms with Gasteiger partial charge in [0.15, 0.2) is 0 Å². The molecule has 56 valence electrons. The van der Waals surface area contributed by atoms with E-state index in [1.165, 1.54) is 10.9 Å². The van der Waals surface area contributed by atoms with Crippen molar-refractivity contribution in [3.8, 4) is 0 Å². The zero-order valence-corrected chi connectivity index (χ0v) is 7.06. The number of aromatic nitrogens is 2. The topological polar surface area (TPSA) is 25.8 Å². The first-order valence-corrected chi connectivity index (χ1v) is 4.46. The van der Waals surface area contributed by atoms with E-state index in [-0.39, 0.29) is 0 Å². The number of rotatable bonds is 1. The molecule has 0 aliphatic carbocycles. The third-order valence-corrected chi connectivity index (χ3v) is 2.67. The molecule has 0 aliphatic rings. The van der Waals surface area contributed by atoms with Crippen LogP contribution in [0, 0.1) is 0 Å². The normalized spacial score (nSPS) is 10.6. The lowest BCUT2D eigenvalue weighted by molar-refractivity contribution is 1.16. The predicted octanol–water partition coefficient (Wildman–Crippen LogP) is 2.25. The number of aryl methyl sites for hydroxylation is 1. The molecule has 0 unspecified atom stereocenters. The highest BCUT2D eigenvalue weighted by Gasteiger charge is 2.00. The molecule has 2 heterocycles. The molecule has 0 aromatic carbocycles. The maximum absolute atomic E-state index is 4.16. The Morgan fingerprint density at radius 3 is 3.27 bits per heavy atom. The van der Waals surface area contributed by atoms with Gasteiger partial charge in [0.25, 0.3) is 0 Å². The Labute approximate surface area is 68.9 Å². The first-order chi connectivity index (χ1) is 5.42. The van der Waals surface area contributed by atoms with E-state index in [1.807, 2.05) is 6.20 Å². The molecule has 2 aromatic heterocycles. The van der Waals surface area contributed by atoms with Gasteiger partial charge in [0.05, 0.1) is 0 Å². The lowest BCUT2D eigenvalue weighted by Crippen LogP contribution is -1.78. The fourth-order valence-corrected chi connectivity index (χ4v) is 2.06. The summed E-state index contributed by atoms with van der Waals surface area (Å²) in [5.74, 6) is 0. The molecule has 0 spiro atoms. The van der Waals surface area contributed by atoms with Crippen LogP contribution in [0.2, 0.25) is 0 Å². The molecule has 2 rings (SSSR count). The summed E-state index contributed by atoms with van der Waals surface area (Å²) in [6.07, 6.45) is 4.54. The highest BCUT2D eigenvalue weighted by atomic mass is 32.1. The van der Waals surface area contributed by atoms with Crippen LogP contribution in [0.3, 0.4) is 0 Å². The highest BCUT2D eigenvalue weighted by Crippen LogP contribution is 2.22. The first kappa shape index (κ1) is 6.73. The Morgan fingerprint density at radius 2 is 2.45 bits per heavy atom. The number of hydrogen-bond acceptors (Lipinski definition) is 3. The van der Waals surface area contributed by atoms with E-state index in [9.17, 15) is 0 Å². The number of nitrogens with zero attached hydrogens (tertiary/aromatic N) is 2. The van der Waals surface area contributed by atoms with Gasteiger partial charge in [-0.25, -0.2) is 9.97 Å². The van der Waals surface area contributed by atoms with Crippen molar-refractivity contribution in [2.75, 3.05) is 0 Å². The summed E-state index contributed by atoms with van der Waals surface area (Å²) in [6.45, 7) is 2.15. The molecule has 0 radical (unpaired) electrons. The first-order valence-electron chi connectivity index (χ1n) is 3.58. The van der Waals surface area contributed by atoms with Gasteiger partial charge in [-0.3, -0.25) is 0 Å². The van der Waals surface area contributed by atoms with Crippen LogP contribution < -0.4 is 0 Å². The molecule has 0 atom stereocenters. The molecule has 0 N–H and O–H groups in total. The van der Waals surface area contributed by atoms with Crippen LogP contribution in [-0.4, -0.2) is 9.97 Å². The molecule has 0 saturated heterocycles. The number of hydrogen-bond donors (Lipinski definition) is 0. The maximum atomic E-state index is 4.16. The molecule has 0 bridgehead atoms. The van der Waals surface area contributed by atoms with Crippen LogP contribution in [-0.2, 0) is 6.42 Å². The van der Waals surface area contributed by atoms with E-state index < -0.39 is 0 Å². The maximum Gasteiger partial charge on any atom is 0.126 e. The second kappa shape index (κ2) is 2.58. The monoisotopic (exact) mass is 164 g/mol. The van der Waals surface area contributed by atoms with Gasteiger partial charge in [0.2, 0.25) is 0 Å². The molecular formula is C8H8N2S. The minimum absolute atomic E-state index is 1.06. The zero-order chi connectivity index (χ0) is 7.68. The van der Waals surface area contributed by atoms with Crippen molar-refractivity contribution < 1.29 is 0 Å². The second-order valence-corrected chi connectivity index (χ2v) is 3.21. The lowest BCUT2D eigenvalue weighted by atomic mass is 10.2. The molecule has 2 nitrogen and oxygen atoms in total. The van der Waals surface area contributed by atoms with Gasteiger partial charge in [0, 0.05) is 11.6 Å². The molecule has 3 heteroatoms. The Bertz CT molecular complexity index is 367. The number of thiophene rings is 1. The van der Waals surface area contributed by atoms with Crippen molar-refractivity contribution in [3.05, 3.63) is 23.5 Å². The Morgan fingerprint density at radius 1 is 1.55 bits per heavy atom. The standard InChI is InChI=1S/C8H8N2S/c1-2-6-4-11-8-7(6)3-9-5-10-8/h3-5H,2H2,1H3. The van der Waals surface area contributed by atoms with E-state index in [0.29, 0.717) is 0 Å². The molecule has 11 heavy (non-hydrogen) atoms. The van der Waals surface area contributed by atoms with Crippen molar-refractivity contribution in [2.45, 2.75) is 13.3 Å². The summed E-state index contributed by atoms with van der Waals surface area (Å²) in [7, 11) is 0. The average molecular weight is 164 g/mol. The van der Waals surface area contributed by atoms with Crippen molar-refractivity contribution in [2.24, 2.45) is 0 Å². The van der Waals surface area contributed by atoms with Crippen molar-refractivity contribution in [3.63, 3.8) is 0 Å². The van der Waals surface area contributed by atoms with E-state index in [0.717, 1.165) is 11.3 Å². The summed E-state index contributed by atoms with van der Waals surface area (Å²) < 4.78 is 0. The van der Waals surface area contributed by atoms with E-state index >= 15 is 0 Å². The molecule has 2 aromatic rings. The molecular weight excluding hydrogens is 156 g/mol. The minimum Gasteiger partial charge on any atom is -0.244 e.